The minimum absolute atomic E-state index is 0.00408. The molecule has 0 aromatic heterocycles. The number of benzene rings is 2. The summed E-state index contributed by atoms with van der Waals surface area (Å²) in [4.78, 5) is 27.2. The molecule has 0 spiro atoms. The predicted molar refractivity (Wildman–Crippen MR) is 89.2 cm³/mol. The van der Waals surface area contributed by atoms with Gasteiger partial charge in [0.25, 0.3) is 11.6 Å². The third-order valence-corrected chi connectivity index (χ3v) is 3.29. The largest absolute Gasteiger partial charge is 0.491 e. The van der Waals surface area contributed by atoms with E-state index in [9.17, 15) is 20.0 Å². The number of nitro benzene ring substituents is 1. The molecular weight excluding hydrogens is 328 g/mol. The number of aliphatic hydroxyl groups is 1. The Labute approximate surface area is 144 Å². The maximum atomic E-state index is 11.9. The highest BCUT2D eigenvalue weighted by molar-refractivity contribution is 5.94. The molecular formula is C17H18N2O6. The number of aryl methyl sites for hydroxylation is 1. The van der Waals surface area contributed by atoms with Crippen LogP contribution in [-0.2, 0) is 4.84 Å². The average Bonchev–Trinajstić information content (AvgIpc) is 2.61. The molecule has 0 heterocycles. The fourth-order valence-electron chi connectivity index (χ4n) is 1.97. The molecule has 0 bridgehead atoms. The summed E-state index contributed by atoms with van der Waals surface area (Å²) in [6.45, 7) is 1.39. The Hall–Kier alpha value is -2.97. The van der Waals surface area contributed by atoms with E-state index in [1.165, 1.54) is 18.2 Å². The number of amides is 1. The van der Waals surface area contributed by atoms with Gasteiger partial charge in [0.2, 0.25) is 0 Å². The maximum absolute atomic E-state index is 11.9. The third-order valence-electron chi connectivity index (χ3n) is 3.29. The van der Waals surface area contributed by atoms with Crippen molar-refractivity contribution in [2.24, 2.45) is 0 Å². The molecule has 2 aromatic carbocycles. The van der Waals surface area contributed by atoms with Crippen LogP contribution in [0.3, 0.4) is 0 Å². The molecule has 0 aliphatic rings. The van der Waals surface area contributed by atoms with Crippen LogP contribution >= 0.6 is 0 Å². The standard InChI is InChI=1S/C17H18N2O6/c1-12-7-8-13(9-16(12)19(22)23)17(21)18-25-11-14(20)10-24-15-5-3-2-4-6-15/h2-9,14,20H,10-11H2,1H3,(H,18,21). The van der Waals surface area contributed by atoms with Crippen LogP contribution in [0.25, 0.3) is 0 Å². The van der Waals surface area contributed by atoms with Gasteiger partial charge < -0.3 is 9.84 Å². The monoisotopic (exact) mass is 346 g/mol. The van der Waals surface area contributed by atoms with Crippen LogP contribution in [0.4, 0.5) is 5.69 Å². The van der Waals surface area contributed by atoms with Crippen molar-refractivity contribution < 1.29 is 24.4 Å². The number of hydrogen-bond acceptors (Lipinski definition) is 6. The van der Waals surface area contributed by atoms with E-state index in [1.807, 2.05) is 6.07 Å². The number of ether oxygens (including phenoxy) is 1. The number of carbonyl (C=O) groups is 1. The predicted octanol–water partition coefficient (Wildman–Crippen LogP) is 2.00. The Morgan fingerprint density at radius 1 is 1.24 bits per heavy atom. The molecule has 2 aromatic rings. The molecule has 8 heteroatoms. The van der Waals surface area contributed by atoms with Crippen molar-refractivity contribution in [3.8, 4) is 5.75 Å². The van der Waals surface area contributed by atoms with E-state index in [0.29, 0.717) is 11.3 Å². The summed E-state index contributed by atoms with van der Waals surface area (Å²) in [7, 11) is 0. The van der Waals surface area contributed by atoms with Crippen molar-refractivity contribution in [3.05, 3.63) is 69.8 Å². The van der Waals surface area contributed by atoms with Gasteiger partial charge >= 0.3 is 0 Å². The number of para-hydroxylation sites is 1. The molecule has 1 amide bonds. The maximum Gasteiger partial charge on any atom is 0.275 e. The first-order valence-corrected chi connectivity index (χ1v) is 7.50. The molecule has 0 radical (unpaired) electrons. The summed E-state index contributed by atoms with van der Waals surface area (Å²) in [5.74, 6) is -0.0307. The zero-order valence-electron chi connectivity index (χ0n) is 13.5. The minimum Gasteiger partial charge on any atom is -0.491 e. The molecule has 2 N–H and O–H groups in total. The number of hydrogen-bond donors (Lipinski definition) is 2. The van der Waals surface area contributed by atoms with Gasteiger partial charge in [0.05, 0.1) is 4.92 Å². The second-order valence-corrected chi connectivity index (χ2v) is 5.28. The molecule has 25 heavy (non-hydrogen) atoms. The molecule has 0 aliphatic heterocycles. The smallest absolute Gasteiger partial charge is 0.275 e. The SMILES string of the molecule is Cc1ccc(C(=O)NOCC(O)COc2ccccc2)cc1[N+](=O)[O-]. The second kappa shape index (κ2) is 8.76. The fourth-order valence-corrected chi connectivity index (χ4v) is 1.97. The van der Waals surface area contributed by atoms with E-state index in [-0.39, 0.29) is 24.5 Å². The second-order valence-electron chi connectivity index (χ2n) is 5.28. The molecule has 0 saturated heterocycles. The first kappa shape index (κ1) is 18.4. The van der Waals surface area contributed by atoms with E-state index < -0.39 is 16.9 Å². The van der Waals surface area contributed by atoms with Crippen molar-refractivity contribution in [2.75, 3.05) is 13.2 Å². The van der Waals surface area contributed by atoms with Crippen LogP contribution in [0.5, 0.6) is 5.75 Å². The quantitative estimate of drug-likeness (QED) is 0.559. The normalized spacial score (nSPS) is 11.6. The van der Waals surface area contributed by atoms with E-state index >= 15 is 0 Å². The van der Waals surface area contributed by atoms with Gasteiger partial charge in [-0.05, 0) is 25.1 Å². The summed E-state index contributed by atoms with van der Waals surface area (Å²) in [5, 5.41) is 20.6. The third kappa shape index (κ3) is 5.55. The Bertz CT molecular complexity index is 735. The molecule has 0 fully saturated rings. The summed E-state index contributed by atoms with van der Waals surface area (Å²) >= 11 is 0. The number of rotatable bonds is 8. The zero-order valence-corrected chi connectivity index (χ0v) is 13.5. The van der Waals surface area contributed by atoms with Crippen molar-refractivity contribution in [1.29, 1.82) is 0 Å². The lowest BCUT2D eigenvalue weighted by Crippen LogP contribution is -2.31. The fraction of sp³-hybridized carbons (Fsp3) is 0.235. The number of carbonyl (C=O) groups excluding carboxylic acids is 1. The van der Waals surface area contributed by atoms with E-state index in [1.54, 1.807) is 31.2 Å². The van der Waals surface area contributed by atoms with Crippen LogP contribution in [0.15, 0.2) is 48.5 Å². The van der Waals surface area contributed by atoms with Crippen molar-refractivity contribution in [3.63, 3.8) is 0 Å². The average molecular weight is 346 g/mol. The Morgan fingerprint density at radius 3 is 2.64 bits per heavy atom. The molecule has 1 atom stereocenters. The van der Waals surface area contributed by atoms with Gasteiger partial charge in [-0.3, -0.25) is 19.7 Å². The summed E-state index contributed by atoms with van der Waals surface area (Å²) < 4.78 is 5.35. The molecule has 0 saturated carbocycles. The van der Waals surface area contributed by atoms with Crippen LogP contribution in [0.1, 0.15) is 15.9 Å². The molecule has 0 aliphatic carbocycles. The van der Waals surface area contributed by atoms with Gasteiger partial charge in [-0.15, -0.1) is 0 Å². The lowest BCUT2D eigenvalue weighted by molar-refractivity contribution is -0.385. The zero-order chi connectivity index (χ0) is 18.2. The lowest BCUT2D eigenvalue weighted by atomic mass is 10.1. The van der Waals surface area contributed by atoms with E-state index in [2.05, 4.69) is 5.48 Å². The van der Waals surface area contributed by atoms with Gasteiger partial charge in [0.15, 0.2) is 0 Å². The van der Waals surface area contributed by atoms with Gasteiger partial charge in [0.1, 0.15) is 25.1 Å². The summed E-state index contributed by atoms with van der Waals surface area (Å²) in [6, 6.07) is 13.1. The van der Waals surface area contributed by atoms with Crippen molar-refractivity contribution >= 4 is 11.6 Å². The number of nitro groups is 1. The van der Waals surface area contributed by atoms with Gasteiger partial charge in [-0.1, -0.05) is 24.3 Å². The van der Waals surface area contributed by atoms with E-state index in [4.69, 9.17) is 9.57 Å². The lowest BCUT2D eigenvalue weighted by Gasteiger charge is -2.13. The van der Waals surface area contributed by atoms with Crippen LogP contribution in [0.2, 0.25) is 0 Å². The number of hydroxylamine groups is 1. The van der Waals surface area contributed by atoms with Crippen molar-refractivity contribution in [1.82, 2.24) is 5.48 Å². The number of nitrogens with zero attached hydrogens (tertiary/aromatic N) is 1. The molecule has 132 valence electrons. The highest BCUT2D eigenvalue weighted by atomic mass is 16.7. The molecule has 8 nitrogen and oxygen atoms in total. The Morgan fingerprint density at radius 2 is 1.96 bits per heavy atom. The topological polar surface area (TPSA) is 111 Å². The summed E-state index contributed by atoms with van der Waals surface area (Å²) in [5.41, 5.74) is 2.53. The molecule has 1 unspecified atom stereocenters. The summed E-state index contributed by atoms with van der Waals surface area (Å²) in [6.07, 6.45) is -0.951. The van der Waals surface area contributed by atoms with Crippen LogP contribution < -0.4 is 10.2 Å². The first-order valence-electron chi connectivity index (χ1n) is 7.50. The van der Waals surface area contributed by atoms with Gasteiger partial charge in [-0.25, -0.2) is 5.48 Å². The first-order chi connectivity index (χ1) is 12.0. The van der Waals surface area contributed by atoms with Gasteiger partial charge in [-0.2, -0.15) is 0 Å². The Balaban J connectivity index is 1.78. The van der Waals surface area contributed by atoms with E-state index in [0.717, 1.165) is 0 Å². The minimum atomic E-state index is -0.951. The van der Waals surface area contributed by atoms with Crippen LogP contribution in [0, 0.1) is 17.0 Å². The number of aliphatic hydroxyl groups excluding tert-OH is 1. The van der Waals surface area contributed by atoms with Crippen LogP contribution in [-0.4, -0.2) is 35.3 Å². The molecule has 2 rings (SSSR count). The van der Waals surface area contributed by atoms with Crippen molar-refractivity contribution in [2.45, 2.75) is 13.0 Å². The highest BCUT2D eigenvalue weighted by Crippen LogP contribution is 2.19. The number of nitrogens with one attached hydrogen (secondary N) is 1. The Kier molecular flexibility index (Phi) is 6.44. The highest BCUT2D eigenvalue weighted by Gasteiger charge is 2.15. The van der Waals surface area contributed by atoms with Gasteiger partial charge in [0, 0.05) is 17.2 Å².